The Hall–Kier alpha value is -3.69. The standard InChI is InChI=1S/C26H26N4O2/c27-17-20-4-6-21(7-5-20)22-8-10-25(11-9-22)32-16-2-14-30-15-12-24(19-30)29-26(31)23-3-1-13-28-18-23/h1,3-11,13,18,24H,2,12,14-16,19H2,(H,29,31)/t24-/m1/s1. The van der Waals surface area contributed by atoms with E-state index in [0.29, 0.717) is 17.7 Å². The van der Waals surface area contributed by atoms with Crippen LogP contribution in [0.2, 0.25) is 0 Å². The van der Waals surface area contributed by atoms with Crippen molar-refractivity contribution in [3.05, 3.63) is 84.2 Å². The van der Waals surface area contributed by atoms with Gasteiger partial charge >= 0.3 is 0 Å². The lowest BCUT2D eigenvalue weighted by molar-refractivity contribution is 0.0937. The van der Waals surface area contributed by atoms with Gasteiger partial charge in [-0.2, -0.15) is 5.26 Å². The number of nitriles is 1. The average Bonchev–Trinajstić information content (AvgIpc) is 3.30. The molecule has 1 N–H and O–H groups in total. The fourth-order valence-electron chi connectivity index (χ4n) is 3.88. The quantitative estimate of drug-likeness (QED) is 0.553. The molecule has 4 rings (SSSR count). The van der Waals surface area contributed by atoms with Gasteiger partial charge in [0.1, 0.15) is 5.75 Å². The molecule has 1 atom stereocenters. The minimum absolute atomic E-state index is 0.0577. The number of rotatable bonds is 8. The Kier molecular flexibility index (Phi) is 7.11. The van der Waals surface area contributed by atoms with Crippen LogP contribution in [0, 0.1) is 11.3 Å². The van der Waals surface area contributed by atoms with E-state index in [1.807, 2.05) is 48.5 Å². The molecule has 1 aromatic heterocycles. The molecule has 6 nitrogen and oxygen atoms in total. The molecule has 0 spiro atoms. The number of hydrogen-bond acceptors (Lipinski definition) is 5. The Morgan fingerprint density at radius 3 is 2.56 bits per heavy atom. The highest BCUT2D eigenvalue weighted by Gasteiger charge is 2.23. The van der Waals surface area contributed by atoms with Gasteiger partial charge in [0, 0.05) is 38.1 Å². The van der Waals surface area contributed by atoms with E-state index in [-0.39, 0.29) is 11.9 Å². The molecule has 6 heteroatoms. The molecular formula is C26H26N4O2. The van der Waals surface area contributed by atoms with E-state index in [1.165, 1.54) is 0 Å². The third-order valence-electron chi connectivity index (χ3n) is 5.62. The van der Waals surface area contributed by atoms with Gasteiger partial charge in [-0.15, -0.1) is 0 Å². The summed E-state index contributed by atoms with van der Waals surface area (Å²) in [5.74, 6) is 0.795. The molecule has 32 heavy (non-hydrogen) atoms. The molecule has 0 bridgehead atoms. The van der Waals surface area contributed by atoms with Crippen LogP contribution in [0.5, 0.6) is 5.75 Å². The normalized spacial score (nSPS) is 15.8. The molecule has 1 fully saturated rings. The van der Waals surface area contributed by atoms with E-state index in [2.05, 4.69) is 21.3 Å². The third kappa shape index (κ3) is 5.71. The molecule has 0 saturated carbocycles. The SMILES string of the molecule is N#Cc1ccc(-c2ccc(OCCCN3CC[C@@H](NC(=O)c4cccnc4)C3)cc2)cc1. The van der Waals surface area contributed by atoms with Crippen LogP contribution < -0.4 is 10.1 Å². The van der Waals surface area contributed by atoms with Crippen LogP contribution in [-0.4, -0.2) is 48.1 Å². The maximum Gasteiger partial charge on any atom is 0.253 e. The van der Waals surface area contributed by atoms with Crippen molar-refractivity contribution in [2.45, 2.75) is 18.9 Å². The Labute approximate surface area is 188 Å². The van der Waals surface area contributed by atoms with Gasteiger partial charge in [-0.3, -0.25) is 9.78 Å². The Balaban J connectivity index is 1.16. The molecule has 0 radical (unpaired) electrons. The highest BCUT2D eigenvalue weighted by Crippen LogP contribution is 2.23. The molecule has 1 aliphatic heterocycles. The van der Waals surface area contributed by atoms with Crippen LogP contribution >= 0.6 is 0 Å². The summed E-state index contributed by atoms with van der Waals surface area (Å²) in [5.41, 5.74) is 3.44. The summed E-state index contributed by atoms with van der Waals surface area (Å²) in [4.78, 5) is 18.6. The number of ether oxygens (including phenoxy) is 1. The zero-order valence-corrected chi connectivity index (χ0v) is 17.9. The van der Waals surface area contributed by atoms with Crippen LogP contribution in [0.15, 0.2) is 73.1 Å². The summed E-state index contributed by atoms with van der Waals surface area (Å²) in [7, 11) is 0. The zero-order chi connectivity index (χ0) is 22.2. The van der Waals surface area contributed by atoms with E-state index in [0.717, 1.165) is 49.4 Å². The molecule has 1 aliphatic rings. The van der Waals surface area contributed by atoms with Crippen molar-refractivity contribution in [3.63, 3.8) is 0 Å². The van der Waals surface area contributed by atoms with Crippen LogP contribution in [-0.2, 0) is 0 Å². The zero-order valence-electron chi connectivity index (χ0n) is 17.9. The first-order chi connectivity index (χ1) is 15.7. The van der Waals surface area contributed by atoms with Crippen molar-refractivity contribution in [2.75, 3.05) is 26.2 Å². The number of carbonyl (C=O) groups is 1. The van der Waals surface area contributed by atoms with Gasteiger partial charge in [0.25, 0.3) is 5.91 Å². The summed E-state index contributed by atoms with van der Waals surface area (Å²) >= 11 is 0. The predicted octanol–water partition coefficient (Wildman–Crippen LogP) is 3.89. The largest absolute Gasteiger partial charge is 0.494 e. The topological polar surface area (TPSA) is 78.2 Å². The van der Waals surface area contributed by atoms with Gasteiger partial charge in [-0.05, 0) is 60.4 Å². The third-order valence-corrected chi connectivity index (χ3v) is 5.62. The smallest absolute Gasteiger partial charge is 0.253 e. The molecule has 1 saturated heterocycles. The van der Waals surface area contributed by atoms with Crippen LogP contribution in [0.25, 0.3) is 11.1 Å². The second kappa shape index (κ2) is 10.6. The van der Waals surface area contributed by atoms with E-state index in [4.69, 9.17) is 10.00 Å². The van der Waals surface area contributed by atoms with E-state index < -0.39 is 0 Å². The van der Waals surface area contributed by atoms with Crippen molar-refractivity contribution in [1.82, 2.24) is 15.2 Å². The molecule has 2 heterocycles. The van der Waals surface area contributed by atoms with Crippen LogP contribution in [0.4, 0.5) is 0 Å². The minimum Gasteiger partial charge on any atom is -0.494 e. The van der Waals surface area contributed by atoms with Crippen molar-refractivity contribution < 1.29 is 9.53 Å². The van der Waals surface area contributed by atoms with Crippen molar-refractivity contribution in [2.24, 2.45) is 0 Å². The molecule has 0 unspecified atom stereocenters. The predicted molar refractivity (Wildman–Crippen MR) is 123 cm³/mol. The lowest BCUT2D eigenvalue weighted by Gasteiger charge is -2.17. The van der Waals surface area contributed by atoms with Crippen molar-refractivity contribution in [3.8, 4) is 22.9 Å². The number of nitrogens with zero attached hydrogens (tertiary/aromatic N) is 3. The monoisotopic (exact) mass is 426 g/mol. The first-order valence-electron chi connectivity index (χ1n) is 10.9. The van der Waals surface area contributed by atoms with Crippen molar-refractivity contribution >= 4 is 5.91 Å². The number of pyridine rings is 1. The molecular weight excluding hydrogens is 400 g/mol. The summed E-state index contributed by atoms with van der Waals surface area (Å²) < 4.78 is 5.90. The Bertz CT molecular complexity index is 1060. The second-order valence-electron chi connectivity index (χ2n) is 7.92. The fraction of sp³-hybridized carbons (Fsp3) is 0.269. The molecule has 3 aromatic rings. The van der Waals surface area contributed by atoms with Gasteiger partial charge in [0.05, 0.1) is 23.8 Å². The minimum atomic E-state index is -0.0577. The molecule has 1 amide bonds. The van der Waals surface area contributed by atoms with Crippen molar-refractivity contribution in [1.29, 1.82) is 5.26 Å². The number of hydrogen-bond donors (Lipinski definition) is 1. The highest BCUT2D eigenvalue weighted by molar-refractivity contribution is 5.94. The number of amides is 1. The first kappa shape index (κ1) is 21.5. The fourth-order valence-corrected chi connectivity index (χ4v) is 3.88. The number of carbonyl (C=O) groups excluding carboxylic acids is 1. The lowest BCUT2D eigenvalue weighted by atomic mass is 10.0. The van der Waals surface area contributed by atoms with E-state index >= 15 is 0 Å². The number of nitrogens with one attached hydrogen (secondary N) is 1. The number of aromatic nitrogens is 1. The van der Waals surface area contributed by atoms with Crippen LogP contribution in [0.1, 0.15) is 28.8 Å². The van der Waals surface area contributed by atoms with Gasteiger partial charge < -0.3 is 15.0 Å². The Morgan fingerprint density at radius 1 is 1.12 bits per heavy atom. The summed E-state index contributed by atoms with van der Waals surface area (Å²) in [6, 6.07) is 21.5. The summed E-state index contributed by atoms with van der Waals surface area (Å²) in [6.45, 7) is 3.45. The number of benzene rings is 2. The van der Waals surface area contributed by atoms with Crippen LogP contribution in [0.3, 0.4) is 0 Å². The number of likely N-dealkylation sites (tertiary alicyclic amines) is 1. The average molecular weight is 427 g/mol. The van der Waals surface area contributed by atoms with Gasteiger partial charge in [0.15, 0.2) is 0 Å². The summed E-state index contributed by atoms with van der Waals surface area (Å²) in [6.07, 6.45) is 5.15. The highest BCUT2D eigenvalue weighted by atomic mass is 16.5. The Morgan fingerprint density at radius 2 is 1.88 bits per heavy atom. The van der Waals surface area contributed by atoms with Gasteiger partial charge in [-0.25, -0.2) is 0 Å². The molecule has 162 valence electrons. The maximum absolute atomic E-state index is 12.3. The first-order valence-corrected chi connectivity index (χ1v) is 10.9. The molecule has 0 aliphatic carbocycles. The lowest BCUT2D eigenvalue weighted by Crippen LogP contribution is -2.37. The van der Waals surface area contributed by atoms with Gasteiger partial charge in [0.2, 0.25) is 0 Å². The molecule has 2 aromatic carbocycles. The maximum atomic E-state index is 12.3. The van der Waals surface area contributed by atoms with Gasteiger partial charge in [-0.1, -0.05) is 24.3 Å². The second-order valence-corrected chi connectivity index (χ2v) is 7.92. The van der Waals surface area contributed by atoms with E-state index in [9.17, 15) is 4.79 Å². The van der Waals surface area contributed by atoms with E-state index in [1.54, 1.807) is 24.5 Å². The summed E-state index contributed by atoms with van der Waals surface area (Å²) in [5, 5.41) is 12.0.